The highest BCUT2D eigenvalue weighted by Crippen LogP contribution is 2.20. The van der Waals surface area contributed by atoms with Crippen molar-refractivity contribution in [3.63, 3.8) is 0 Å². The first-order chi connectivity index (χ1) is 9.76. The average molecular weight is 318 g/mol. The molecule has 0 aliphatic heterocycles. The number of nitrogens with one attached hydrogen (secondary N) is 1. The molecule has 0 saturated heterocycles. The molecule has 0 saturated carbocycles. The van der Waals surface area contributed by atoms with Crippen molar-refractivity contribution in [1.82, 2.24) is 9.78 Å². The Hall–Kier alpha value is -1.11. The van der Waals surface area contributed by atoms with E-state index in [-0.39, 0.29) is 10.6 Å². The van der Waals surface area contributed by atoms with Gasteiger partial charge in [0.2, 0.25) is 0 Å². The SMILES string of the molecule is COCCn1ncc(NCC(C)(O)CC(C)C)c(Cl)c1=O. The van der Waals surface area contributed by atoms with Gasteiger partial charge < -0.3 is 15.2 Å². The largest absolute Gasteiger partial charge is 0.388 e. The van der Waals surface area contributed by atoms with Gasteiger partial charge in [0.25, 0.3) is 5.56 Å². The van der Waals surface area contributed by atoms with Gasteiger partial charge in [-0.05, 0) is 19.3 Å². The minimum Gasteiger partial charge on any atom is -0.388 e. The maximum atomic E-state index is 12.0. The Balaban J connectivity index is 2.77. The van der Waals surface area contributed by atoms with Crippen molar-refractivity contribution < 1.29 is 9.84 Å². The van der Waals surface area contributed by atoms with Gasteiger partial charge in [-0.25, -0.2) is 4.68 Å². The van der Waals surface area contributed by atoms with Gasteiger partial charge in [0.05, 0.1) is 30.6 Å². The Labute approximate surface area is 130 Å². The standard InChI is InChI=1S/C14H24ClN3O3/c1-10(2)7-14(3,20)9-16-11-8-17-18(5-6-21-4)13(19)12(11)15/h8,10,16,20H,5-7,9H2,1-4H3. The maximum Gasteiger partial charge on any atom is 0.287 e. The number of rotatable bonds is 8. The van der Waals surface area contributed by atoms with Gasteiger partial charge in [0.15, 0.2) is 0 Å². The van der Waals surface area contributed by atoms with Crippen LogP contribution in [0.2, 0.25) is 5.02 Å². The van der Waals surface area contributed by atoms with E-state index >= 15 is 0 Å². The van der Waals surface area contributed by atoms with E-state index in [1.165, 1.54) is 10.9 Å². The first-order valence-electron chi connectivity index (χ1n) is 6.97. The lowest BCUT2D eigenvalue weighted by atomic mass is 9.94. The highest BCUT2D eigenvalue weighted by Gasteiger charge is 2.22. The van der Waals surface area contributed by atoms with Crippen molar-refractivity contribution in [3.8, 4) is 0 Å². The highest BCUT2D eigenvalue weighted by molar-refractivity contribution is 6.32. The molecular weight excluding hydrogens is 294 g/mol. The number of aromatic nitrogens is 2. The molecule has 2 N–H and O–H groups in total. The zero-order valence-electron chi connectivity index (χ0n) is 13.0. The van der Waals surface area contributed by atoms with Crippen molar-refractivity contribution >= 4 is 17.3 Å². The first-order valence-corrected chi connectivity index (χ1v) is 7.35. The van der Waals surface area contributed by atoms with E-state index in [9.17, 15) is 9.90 Å². The van der Waals surface area contributed by atoms with Gasteiger partial charge in [-0.1, -0.05) is 25.4 Å². The molecule has 21 heavy (non-hydrogen) atoms. The molecule has 0 radical (unpaired) electrons. The van der Waals surface area contributed by atoms with E-state index in [0.717, 1.165) is 0 Å². The third-order valence-corrected chi connectivity index (χ3v) is 3.37. The lowest BCUT2D eigenvalue weighted by molar-refractivity contribution is 0.0515. The summed E-state index contributed by atoms with van der Waals surface area (Å²) in [6.07, 6.45) is 2.14. The van der Waals surface area contributed by atoms with Gasteiger partial charge in [-0.3, -0.25) is 4.79 Å². The molecular formula is C14H24ClN3O3. The summed E-state index contributed by atoms with van der Waals surface area (Å²) >= 11 is 6.05. The minimum atomic E-state index is -0.873. The molecule has 1 aromatic heterocycles. The normalized spacial score (nSPS) is 14.2. The molecule has 1 atom stereocenters. The molecule has 1 rings (SSSR count). The van der Waals surface area contributed by atoms with Gasteiger partial charge in [-0.15, -0.1) is 0 Å². The Morgan fingerprint density at radius 3 is 2.81 bits per heavy atom. The Bertz CT molecular complexity index is 515. The molecule has 0 bridgehead atoms. The number of nitrogens with zero attached hydrogens (tertiary/aromatic N) is 2. The van der Waals surface area contributed by atoms with Crippen LogP contribution in [0.25, 0.3) is 0 Å². The predicted octanol–water partition coefficient (Wildman–Crippen LogP) is 1.75. The second-order valence-electron chi connectivity index (χ2n) is 5.84. The molecule has 6 nitrogen and oxygen atoms in total. The number of ether oxygens (including phenoxy) is 1. The van der Waals surface area contributed by atoms with E-state index in [4.69, 9.17) is 16.3 Å². The summed E-state index contributed by atoms with van der Waals surface area (Å²) in [5.41, 5.74) is -0.816. The first kappa shape index (κ1) is 17.9. The summed E-state index contributed by atoms with van der Waals surface area (Å²) < 4.78 is 6.16. The monoisotopic (exact) mass is 317 g/mol. The Morgan fingerprint density at radius 2 is 2.24 bits per heavy atom. The van der Waals surface area contributed by atoms with Crippen LogP contribution in [0.1, 0.15) is 27.2 Å². The predicted molar refractivity (Wildman–Crippen MR) is 84.0 cm³/mol. The zero-order chi connectivity index (χ0) is 16.0. The van der Waals surface area contributed by atoms with E-state index < -0.39 is 5.60 Å². The second-order valence-corrected chi connectivity index (χ2v) is 6.22. The smallest absolute Gasteiger partial charge is 0.287 e. The van der Waals surface area contributed by atoms with E-state index in [1.807, 2.05) is 13.8 Å². The minimum absolute atomic E-state index is 0.0708. The maximum absolute atomic E-state index is 12.0. The number of aliphatic hydroxyl groups is 1. The molecule has 1 unspecified atom stereocenters. The fourth-order valence-electron chi connectivity index (χ4n) is 2.16. The number of halogens is 1. The number of hydrogen-bond acceptors (Lipinski definition) is 5. The summed E-state index contributed by atoms with van der Waals surface area (Å²) in [4.78, 5) is 12.0. The fourth-order valence-corrected chi connectivity index (χ4v) is 2.38. The van der Waals surface area contributed by atoms with Crippen LogP contribution in [0.3, 0.4) is 0 Å². The van der Waals surface area contributed by atoms with Gasteiger partial charge in [-0.2, -0.15) is 5.10 Å². The van der Waals surface area contributed by atoms with Gasteiger partial charge in [0, 0.05) is 13.7 Å². The lowest BCUT2D eigenvalue weighted by Gasteiger charge is -2.26. The van der Waals surface area contributed by atoms with Crippen LogP contribution < -0.4 is 10.9 Å². The Kier molecular flexibility index (Phi) is 6.64. The lowest BCUT2D eigenvalue weighted by Crippen LogP contribution is -2.35. The summed E-state index contributed by atoms with van der Waals surface area (Å²) in [6.45, 7) is 6.87. The van der Waals surface area contributed by atoms with Crippen molar-refractivity contribution in [2.45, 2.75) is 39.3 Å². The molecule has 0 aliphatic carbocycles. The third-order valence-electron chi connectivity index (χ3n) is 3.00. The van der Waals surface area contributed by atoms with Crippen molar-refractivity contribution in [2.75, 3.05) is 25.6 Å². The molecule has 0 fully saturated rings. The van der Waals surface area contributed by atoms with Crippen LogP contribution in [0.15, 0.2) is 11.0 Å². The van der Waals surface area contributed by atoms with Gasteiger partial charge >= 0.3 is 0 Å². The molecule has 7 heteroatoms. The van der Waals surface area contributed by atoms with E-state index in [2.05, 4.69) is 10.4 Å². The summed E-state index contributed by atoms with van der Waals surface area (Å²) in [5, 5.41) is 17.3. The average Bonchev–Trinajstić information content (AvgIpc) is 2.38. The Morgan fingerprint density at radius 1 is 1.57 bits per heavy atom. The quantitative estimate of drug-likeness (QED) is 0.764. The number of anilines is 1. The summed E-state index contributed by atoms with van der Waals surface area (Å²) in [7, 11) is 1.55. The van der Waals surface area contributed by atoms with Crippen molar-refractivity contribution in [3.05, 3.63) is 21.6 Å². The molecule has 120 valence electrons. The zero-order valence-corrected chi connectivity index (χ0v) is 13.8. The van der Waals surface area contributed by atoms with E-state index in [0.29, 0.717) is 37.7 Å². The second kappa shape index (κ2) is 7.77. The molecule has 0 aliphatic rings. The number of hydrogen-bond donors (Lipinski definition) is 2. The number of methoxy groups -OCH3 is 1. The highest BCUT2D eigenvalue weighted by atomic mass is 35.5. The summed E-state index contributed by atoms with van der Waals surface area (Å²) in [6, 6.07) is 0. The fraction of sp³-hybridized carbons (Fsp3) is 0.714. The van der Waals surface area contributed by atoms with Gasteiger partial charge in [0.1, 0.15) is 5.02 Å². The van der Waals surface area contributed by atoms with Crippen LogP contribution in [0.5, 0.6) is 0 Å². The van der Waals surface area contributed by atoms with Crippen LogP contribution >= 0.6 is 11.6 Å². The molecule has 0 amide bonds. The van der Waals surface area contributed by atoms with E-state index in [1.54, 1.807) is 14.0 Å². The molecule has 0 aromatic carbocycles. The van der Waals surface area contributed by atoms with Crippen LogP contribution in [-0.2, 0) is 11.3 Å². The topological polar surface area (TPSA) is 76.4 Å². The van der Waals surface area contributed by atoms with Crippen molar-refractivity contribution in [2.24, 2.45) is 5.92 Å². The van der Waals surface area contributed by atoms with Crippen molar-refractivity contribution in [1.29, 1.82) is 0 Å². The van der Waals surface area contributed by atoms with Crippen LogP contribution in [0, 0.1) is 5.92 Å². The molecule has 0 spiro atoms. The third kappa shape index (κ3) is 5.65. The van der Waals surface area contributed by atoms with Crippen LogP contribution in [-0.4, -0.2) is 40.7 Å². The summed E-state index contributed by atoms with van der Waals surface area (Å²) in [5.74, 6) is 0.373. The molecule has 1 heterocycles. The van der Waals surface area contributed by atoms with Crippen LogP contribution in [0.4, 0.5) is 5.69 Å². The molecule has 1 aromatic rings.